The van der Waals surface area contributed by atoms with Crippen LogP contribution < -0.4 is 5.73 Å². The lowest BCUT2D eigenvalue weighted by molar-refractivity contribution is 0.0781. The summed E-state index contributed by atoms with van der Waals surface area (Å²) in [6, 6.07) is 6.05. The van der Waals surface area contributed by atoms with Crippen molar-refractivity contribution in [3.8, 4) is 0 Å². The number of thiazole rings is 1. The van der Waals surface area contributed by atoms with Gasteiger partial charge in [0.05, 0.1) is 10.2 Å². The van der Waals surface area contributed by atoms with Crippen molar-refractivity contribution in [2.75, 3.05) is 32.9 Å². The molecule has 0 radical (unpaired) electrons. The number of likely N-dealkylation sites (tertiary alicyclic amines) is 1. The van der Waals surface area contributed by atoms with Gasteiger partial charge in [-0.3, -0.25) is 4.79 Å². The first-order valence-electron chi connectivity index (χ1n) is 7.07. The molecule has 1 aromatic carbocycles. The number of nitrogens with two attached hydrogens (primary N) is 1. The molecule has 5 nitrogen and oxygen atoms in total. The molecule has 1 saturated heterocycles. The van der Waals surface area contributed by atoms with Crippen LogP contribution in [0.2, 0.25) is 0 Å². The second-order valence-corrected chi connectivity index (χ2v) is 7.02. The lowest BCUT2D eigenvalue weighted by Gasteiger charge is -2.22. The SMILES string of the molecule is CC1CN(C(=O)c2ccc3nc(N)sc3c2)CC1N(C)C. The van der Waals surface area contributed by atoms with Crippen LogP contribution in [0.15, 0.2) is 18.2 Å². The van der Waals surface area contributed by atoms with Crippen molar-refractivity contribution in [3.05, 3.63) is 23.8 Å². The van der Waals surface area contributed by atoms with Crippen molar-refractivity contribution in [2.24, 2.45) is 5.92 Å². The van der Waals surface area contributed by atoms with Gasteiger partial charge < -0.3 is 15.5 Å². The van der Waals surface area contributed by atoms with Gasteiger partial charge in [-0.2, -0.15) is 0 Å². The first-order valence-corrected chi connectivity index (χ1v) is 7.89. The zero-order valence-electron chi connectivity index (χ0n) is 12.5. The monoisotopic (exact) mass is 304 g/mol. The van der Waals surface area contributed by atoms with E-state index in [-0.39, 0.29) is 5.91 Å². The molecule has 2 N–H and O–H groups in total. The van der Waals surface area contributed by atoms with Gasteiger partial charge in [-0.25, -0.2) is 4.98 Å². The fraction of sp³-hybridized carbons (Fsp3) is 0.467. The maximum absolute atomic E-state index is 12.7. The predicted octanol–water partition coefficient (Wildman–Crippen LogP) is 1.90. The third kappa shape index (κ3) is 2.61. The molecule has 0 spiro atoms. The number of carbonyl (C=O) groups is 1. The summed E-state index contributed by atoms with van der Waals surface area (Å²) in [7, 11) is 4.14. The normalized spacial score (nSPS) is 22.4. The van der Waals surface area contributed by atoms with Crippen molar-refractivity contribution >= 4 is 32.6 Å². The molecule has 1 aliphatic heterocycles. The molecule has 21 heavy (non-hydrogen) atoms. The van der Waals surface area contributed by atoms with Crippen molar-refractivity contribution in [1.82, 2.24) is 14.8 Å². The van der Waals surface area contributed by atoms with E-state index in [0.29, 0.717) is 17.1 Å². The van der Waals surface area contributed by atoms with Crippen LogP contribution in [0.3, 0.4) is 0 Å². The van der Waals surface area contributed by atoms with E-state index in [2.05, 4.69) is 30.9 Å². The fourth-order valence-corrected chi connectivity index (χ4v) is 3.82. The Morgan fingerprint density at radius 3 is 2.86 bits per heavy atom. The van der Waals surface area contributed by atoms with Gasteiger partial charge in [-0.1, -0.05) is 18.3 Å². The van der Waals surface area contributed by atoms with E-state index >= 15 is 0 Å². The number of rotatable bonds is 2. The van der Waals surface area contributed by atoms with E-state index in [0.717, 1.165) is 28.9 Å². The number of aromatic nitrogens is 1. The zero-order chi connectivity index (χ0) is 15.1. The summed E-state index contributed by atoms with van der Waals surface area (Å²) in [4.78, 5) is 21.0. The molecule has 2 heterocycles. The van der Waals surface area contributed by atoms with Gasteiger partial charge in [0.15, 0.2) is 5.13 Å². The molecular weight excluding hydrogens is 284 g/mol. The van der Waals surface area contributed by atoms with Crippen molar-refractivity contribution in [3.63, 3.8) is 0 Å². The second kappa shape index (κ2) is 5.27. The molecule has 0 aliphatic carbocycles. The van der Waals surface area contributed by atoms with Crippen LogP contribution in [-0.2, 0) is 0 Å². The average Bonchev–Trinajstić information content (AvgIpc) is 2.98. The van der Waals surface area contributed by atoms with Crippen molar-refractivity contribution in [2.45, 2.75) is 13.0 Å². The van der Waals surface area contributed by atoms with Crippen LogP contribution in [0.5, 0.6) is 0 Å². The van der Waals surface area contributed by atoms with Gasteiger partial charge in [0, 0.05) is 24.7 Å². The minimum atomic E-state index is 0.0973. The lowest BCUT2D eigenvalue weighted by Crippen LogP contribution is -2.35. The Morgan fingerprint density at radius 2 is 2.19 bits per heavy atom. The first-order chi connectivity index (χ1) is 9.95. The van der Waals surface area contributed by atoms with E-state index in [4.69, 9.17) is 5.73 Å². The minimum Gasteiger partial charge on any atom is -0.375 e. The van der Waals surface area contributed by atoms with Crippen LogP contribution in [0, 0.1) is 5.92 Å². The Bertz CT molecular complexity index is 681. The molecule has 6 heteroatoms. The molecule has 112 valence electrons. The summed E-state index contributed by atoms with van der Waals surface area (Å²) in [5, 5.41) is 0.539. The highest BCUT2D eigenvalue weighted by molar-refractivity contribution is 7.22. The lowest BCUT2D eigenvalue weighted by atomic mass is 10.1. The predicted molar refractivity (Wildman–Crippen MR) is 86.6 cm³/mol. The Morgan fingerprint density at radius 1 is 1.43 bits per heavy atom. The van der Waals surface area contributed by atoms with Gasteiger partial charge in [-0.15, -0.1) is 0 Å². The number of nitrogens with zero attached hydrogens (tertiary/aromatic N) is 3. The molecule has 3 rings (SSSR count). The smallest absolute Gasteiger partial charge is 0.253 e. The molecule has 0 saturated carbocycles. The summed E-state index contributed by atoms with van der Waals surface area (Å²) in [5.74, 6) is 0.590. The Kier molecular flexibility index (Phi) is 3.59. The molecule has 2 atom stereocenters. The number of likely N-dealkylation sites (N-methyl/N-ethyl adjacent to an activating group) is 1. The third-order valence-corrected chi connectivity index (χ3v) is 5.02. The van der Waals surface area contributed by atoms with Crippen LogP contribution in [0.4, 0.5) is 5.13 Å². The zero-order valence-corrected chi connectivity index (χ0v) is 13.4. The number of hydrogen-bond acceptors (Lipinski definition) is 5. The highest BCUT2D eigenvalue weighted by Gasteiger charge is 2.33. The number of nitrogen functional groups attached to an aromatic ring is 1. The van der Waals surface area contributed by atoms with Crippen molar-refractivity contribution in [1.29, 1.82) is 0 Å². The van der Waals surface area contributed by atoms with E-state index in [1.54, 1.807) is 0 Å². The molecule has 1 amide bonds. The van der Waals surface area contributed by atoms with Crippen LogP contribution in [0.1, 0.15) is 17.3 Å². The first kappa shape index (κ1) is 14.3. The number of anilines is 1. The van der Waals surface area contributed by atoms with E-state index < -0.39 is 0 Å². The second-order valence-electron chi connectivity index (χ2n) is 5.95. The largest absolute Gasteiger partial charge is 0.375 e. The number of fused-ring (bicyclic) bond motifs is 1. The molecule has 1 fully saturated rings. The average molecular weight is 304 g/mol. The summed E-state index contributed by atoms with van der Waals surface area (Å²) >= 11 is 1.42. The van der Waals surface area contributed by atoms with Crippen LogP contribution in [0.25, 0.3) is 10.2 Å². The van der Waals surface area contributed by atoms with Gasteiger partial charge in [0.2, 0.25) is 0 Å². The summed E-state index contributed by atoms with van der Waals surface area (Å²) in [5.41, 5.74) is 7.29. The van der Waals surface area contributed by atoms with Gasteiger partial charge in [-0.05, 0) is 38.2 Å². The Hall–Kier alpha value is -1.66. The number of amides is 1. The molecular formula is C15H20N4OS. The summed E-state index contributed by atoms with van der Waals surface area (Å²) < 4.78 is 0.967. The van der Waals surface area contributed by atoms with Gasteiger partial charge >= 0.3 is 0 Å². The number of benzene rings is 1. The Labute approximate surface area is 128 Å². The number of hydrogen-bond donors (Lipinski definition) is 1. The molecule has 2 unspecified atom stereocenters. The maximum Gasteiger partial charge on any atom is 0.253 e. The highest BCUT2D eigenvalue weighted by Crippen LogP contribution is 2.27. The van der Waals surface area contributed by atoms with E-state index in [1.165, 1.54) is 11.3 Å². The summed E-state index contributed by atoms with van der Waals surface area (Å²) in [6.45, 7) is 3.80. The molecule has 1 aromatic heterocycles. The minimum absolute atomic E-state index is 0.0973. The van der Waals surface area contributed by atoms with Gasteiger partial charge in [0.25, 0.3) is 5.91 Å². The topological polar surface area (TPSA) is 62.5 Å². The third-order valence-electron chi connectivity index (χ3n) is 4.18. The molecule has 1 aliphatic rings. The van der Waals surface area contributed by atoms with Crippen LogP contribution >= 0.6 is 11.3 Å². The molecule has 0 bridgehead atoms. The molecule has 2 aromatic rings. The maximum atomic E-state index is 12.7. The van der Waals surface area contributed by atoms with E-state index in [9.17, 15) is 4.79 Å². The fourth-order valence-electron chi connectivity index (χ4n) is 3.05. The quantitative estimate of drug-likeness (QED) is 0.920. The standard InChI is InChI=1S/C15H20N4OS/c1-9-7-19(8-12(9)18(2)3)14(20)10-4-5-11-13(6-10)21-15(16)17-11/h4-6,9,12H,7-8H2,1-3H3,(H2,16,17). The Balaban J connectivity index is 1.84. The van der Waals surface area contributed by atoms with Crippen molar-refractivity contribution < 1.29 is 4.79 Å². The van der Waals surface area contributed by atoms with Gasteiger partial charge in [0.1, 0.15) is 0 Å². The highest BCUT2D eigenvalue weighted by atomic mass is 32.1. The van der Waals surface area contributed by atoms with E-state index in [1.807, 2.05) is 23.1 Å². The summed E-state index contributed by atoms with van der Waals surface area (Å²) in [6.07, 6.45) is 0. The number of carbonyl (C=O) groups excluding carboxylic acids is 1. The van der Waals surface area contributed by atoms with Crippen LogP contribution in [-0.4, -0.2) is 53.9 Å².